The largest absolute Gasteiger partial charge is 0.353 e. The molecule has 0 aliphatic rings. The van der Waals surface area contributed by atoms with E-state index in [1.165, 1.54) is 18.5 Å². The van der Waals surface area contributed by atoms with Gasteiger partial charge in [0, 0.05) is 17.6 Å². The van der Waals surface area contributed by atoms with Crippen LogP contribution in [0.25, 0.3) is 10.9 Å². The quantitative estimate of drug-likeness (QED) is 0.770. The molecule has 0 aliphatic carbocycles. The molecule has 0 spiro atoms. The molecule has 0 saturated carbocycles. The van der Waals surface area contributed by atoms with Crippen molar-refractivity contribution in [3.63, 3.8) is 0 Å². The Balaban J connectivity index is 2.17. The third-order valence-electron chi connectivity index (χ3n) is 2.87. The second kappa shape index (κ2) is 4.94. The Hall–Kier alpha value is -3.00. The summed E-state index contributed by atoms with van der Waals surface area (Å²) in [6.07, 6.45) is 4.12. The summed E-state index contributed by atoms with van der Waals surface area (Å²) in [5.41, 5.74) is 2.25. The minimum absolute atomic E-state index is 0.396. The van der Waals surface area contributed by atoms with Crippen LogP contribution in [0.15, 0.2) is 48.9 Å². The fourth-order valence-electron chi connectivity index (χ4n) is 1.99. The van der Waals surface area contributed by atoms with Crippen LogP contribution in [0.4, 0.5) is 15.8 Å². The van der Waals surface area contributed by atoms with Crippen molar-refractivity contribution in [3.05, 3.63) is 60.3 Å². The van der Waals surface area contributed by atoms with E-state index in [0.717, 1.165) is 17.1 Å². The van der Waals surface area contributed by atoms with Gasteiger partial charge in [-0.15, -0.1) is 0 Å². The van der Waals surface area contributed by atoms with Crippen LogP contribution in [-0.2, 0) is 0 Å². The first-order chi connectivity index (χ1) is 9.78. The molecule has 0 saturated heterocycles. The topological polar surface area (TPSA) is 61.6 Å². The predicted molar refractivity (Wildman–Crippen MR) is 73.9 cm³/mol. The summed E-state index contributed by atoms with van der Waals surface area (Å²) in [5, 5.41) is 13.0. The number of nitriles is 1. The Bertz CT molecular complexity index is 823. The average Bonchev–Trinajstić information content (AvgIpc) is 2.48. The maximum absolute atomic E-state index is 13.2. The first-order valence-corrected chi connectivity index (χ1v) is 5.93. The van der Waals surface area contributed by atoms with Crippen LogP contribution >= 0.6 is 0 Å². The first kappa shape index (κ1) is 12.1. The number of para-hydroxylation sites is 1. The highest BCUT2D eigenvalue weighted by atomic mass is 19.1. The Morgan fingerprint density at radius 2 is 2.00 bits per heavy atom. The summed E-state index contributed by atoms with van der Waals surface area (Å²) in [4.78, 5) is 8.00. The van der Waals surface area contributed by atoms with E-state index >= 15 is 0 Å². The maximum atomic E-state index is 13.2. The zero-order valence-corrected chi connectivity index (χ0v) is 10.3. The van der Waals surface area contributed by atoms with Crippen molar-refractivity contribution in [2.24, 2.45) is 0 Å². The fraction of sp³-hybridized carbons (Fsp3) is 0. The van der Waals surface area contributed by atoms with Crippen molar-refractivity contribution in [2.75, 3.05) is 5.32 Å². The number of aromatic nitrogens is 2. The van der Waals surface area contributed by atoms with Gasteiger partial charge >= 0.3 is 0 Å². The Morgan fingerprint density at radius 1 is 1.15 bits per heavy atom. The van der Waals surface area contributed by atoms with Crippen LogP contribution in [-0.4, -0.2) is 9.97 Å². The summed E-state index contributed by atoms with van der Waals surface area (Å²) in [6, 6.07) is 10.8. The minimum atomic E-state index is -0.438. The van der Waals surface area contributed by atoms with E-state index in [4.69, 9.17) is 0 Å². The van der Waals surface area contributed by atoms with Crippen LogP contribution in [0.1, 0.15) is 5.56 Å². The predicted octanol–water partition coefficient (Wildman–Crippen LogP) is 3.38. The second-order valence-corrected chi connectivity index (χ2v) is 4.19. The summed E-state index contributed by atoms with van der Waals surface area (Å²) in [7, 11) is 0. The maximum Gasteiger partial charge on any atom is 0.143 e. The third-order valence-corrected chi connectivity index (χ3v) is 2.87. The molecule has 0 atom stereocenters. The van der Waals surface area contributed by atoms with Crippen LogP contribution in [0.5, 0.6) is 0 Å². The van der Waals surface area contributed by atoms with E-state index in [1.807, 2.05) is 24.3 Å². The fourth-order valence-corrected chi connectivity index (χ4v) is 1.99. The van der Waals surface area contributed by atoms with Crippen molar-refractivity contribution in [1.82, 2.24) is 9.97 Å². The molecule has 3 aromatic rings. The van der Waals surface area contributed by atoms with E-state index in [1.54, 1.807) is 0 Å². The number of halogens is 1. The molecule has 0 aliphatic heterocycles. The Morgan fingerprint density at radius 3 is 2.80 bits per heavy atom. The van der Waals surface area contributed by atoms with Gasteiger partial charge in [-0.25, -0.2) is 4.39 Å². The van der Waals surface area contributed by atoms with Crippen molar-refractivity contribution in [3.8, 4) is 6.07 Å². The highest BCUT2D eigenvalue weighted by Crippen LogP contribution is 2.28. The van der Waals surface area contributed by atoms with Gasteiger partial charge in [0.25, 0.3) is 0 Å². The number of rotatable bonds is 2. The number of fused-ring (bicyclic) bond motifs is 1. The van der Waals surface area contributed by atoms with Crippen molar-refractivity contribution in [2.45, 2.75) is 0 Å². The highest BCUT2D eigenvalue weighted by molar-refractivity contribution is 5.95. The van der Waals surface area contributed by atoms with E-state index < -0.39 is 5.82 Å². The molecule has 0 fully saturated rings. The number of hydrogen-bond acceptors (Lipinski definition) is 4. The van der Waals surface area contributed by atoms with Gasteiger partial charge < -0.3 is 5.32 Å². The summed E-state index contributed by atoms with van der Waals surface area (Å²) in [6.45, 7) is 0. The molecule has 2 heterocycles. The van der Waals surface area contributed by atoms with Crippen molar-refractivity contribution < 1.29 is 4.39 Å². The summed E-state index contributed by atoms with van der Waals surface area (Å²) in [5.74, 6) is -0.438. The lowest BCUT2D eigenvalue weighted by Crippen LogP contribution is -1.97. The molecule has 0 amide bonds. The van der Waals surface area contributed by atoms with Crippen LogP contribution in [0.2, 0.25) is 0 Å². The lowest BCUT2D eigenvalue weighted by Gasteiger charge is -2.10. The van der Waals surface area contributed by atoms with Gasteiger partial charge in [0.1, 0.15) is 11.9 Å². The van der Waals surface area contributed by atoms with Crippen LogP contribution < -0.4 is 5.32 Å². The standard InChI is InChI=1S/C15H9FN4/c16-11-5-12(9-18-8-11)20-15-10(6-17)7-19-14-4-2-1-3-13(14)15/h1-5,7-9H,(H,19,20). The van der Waals surface area contributed by atoms with E-state index in [9.17, 15) is 9.65 Å². The Labute approximate surface area is 114 Å². The Kier molecular flexibility index (Phi) is 2.98. The van der Waals surface area contributed by atoms with Crippen molar-refractivity contribution >= 4 is 22.3 Å². The molecule has 1 aromatic carbocycles. The number of benzene rings is 1. The van der Waals surface area contributed by atoms with E-state index in [-0.39, 0.29) is 0 Å². The molecule has 20 heavy (non-hydrogen) atoms. The first-order valence-electron chi connectivity index (χ1n) is 5.93. The highest BCUT2D eigenvalue weighted by Gasteiger charge is 2.09. The molecule has 1 N–H and O–H groups in total. The molecule has 3 rings (SSSR count). The van der Waals surface area contributed by atoms with Gasteiger partial charge in [-0.3, -0.25) is 9.97 Å². The molecule has 0 radical (unpaired) electrons. The van der Waals surface area contributed by atoms with Gasteiger partial charge in [-0.2, -0.15) is 5.26 Å². The molecule has 4 nitrogen and oxygen atoms in total. The molecule has 0 bridgehead atoms. The molecule has 5 heteroatoms. The smallest absolute Gasteiger partial charge is 0.143 e. The van der Waals surface area contributed by atoms with Crippen molar-refractivity contribution in [1.29, 1.82) is 5.26 Å². The SMILES string of the molecule is N#Cc1cnc2ccccc2c1Nc1cncc(F)c1. The zero-order chi connectivity index (χ0) is 13.9. The number of nitrogens with one attached hydrogen (secondary N) is 1. The van der Waals surface area contributed by atoms with Crippen LogP contribution in [0.3, 0.4) is 0 Å². The summed E-state index contributed by atoms with van der Waals surface area (Å²) >= 11 is 0. The zero-order valence-electron chi connectivity index (χ0n) is 10.3. The number of hydrogen-bond donors (Lipinski definition) is 1. The monoisotopic (exact) mass is 264 g/mol. The number of pyridine rings is 2. The summed E-state index contributed by atoms with van der Waals surface area (Å²) < 4.78 is 13.2. The normalized spacial score (nSPS) is 10.2. The molecular formula is C15H9FN4. The number of nitrogens with zero attached hydrogens (tertiary/aromatic N) is 3. The van der Waals surface area contributed by atoms with Gasteiger partial charge in [-0.1, -0.05) is 18.2 Å². The van der Waals surface area contributed by atoms with E-state index in [2.05, 4.69) is 21.4 Å². The van der Waals surface area contributed by atoms with Gasteiger partial charge in [0.05, 0.1) is 34.8 Å². The van der Waals surface area contributed by atoms with E-state index in [0.29, 0.717) is 16.9 Å². The molecule has 0 unspecified atom stereocenters. The third kappa shape index (κ3) is 2.15. The lowest BCUT2D eigenvalue weighted by atomic mass is 10.1. The van der Waals surface area contributed by atoms with Crippen LogP contribution in [0, 0.1) is 17.1 Å². The molecular weight excluding hydrogens is 255 g/mol. The minimum Gasteiger partial charge on any atom is -0.353 e. The lowest BCUT2D eigenvalue weighted by molar-refractivity contribution is 0.622. The average molecular weight is 264 g/mol. The molecule has 2 aromatic heterocycles. The second-order valence-electron chi connectivity index (χ2n) is 4.19. The van der Waals surface area contributed by atoms with Gasteiger partial charge in [0.2, 0.25) is 0 Å². The molecule has 96 valence electrons. The number of anilines is 2. The van der Waals surface area contributed by atoms with Gasteiger partial charge in [-0.05, 0) is 6.07 Å². The van der Waals surface area contributed by atoms with Gasteiger partial charge in [0.15, 0.2) is 0 Å².